The molecule has 0 spiro atoms. The zero-order valence-corrected chi connectivity index (χ0v) is 9.19. The fourth-order valence-corrected chi connectivity index (χ4v) is 1.40. The van der Waals surface area contributed by atoms with Crippen molar-refractivity contribution >= 4 is 5.97 Å². The van der Waals surface area contributed by atoms with Crippen LogP contribution in [0.1, 0.15) is 19.8 Å². The molecule has 3 N–H and O–H groups in total. The van der Waals surface area contributed by atoms with E-state index < -0.39 is 11.6 Å². The monoisotopic (exact) mass is 217 g/mol. The molecule has 1 fully saturated rings. The predicted octanol–water partition coefficient (Wildman–Crippen LogP) is -0.729. The molecule has 0 aromatic rings. The van der Waals surface area contributed by atoms with Crippen LogP contribution >= 0.6 is 0 Å². The maximum Gasteiger partial charge on any atom is 0.338 e. The highest BCUT2D eigenvalue weighted by Gasteiger charge is 2.33. The molecule has 0 aliphatic heterocycles. The highest BCUT2D eigenvalue weighted by Crippen LogP contribution is 2.32. The van der Waals surface area contributed by atoms with Gasteiger partial charge in [-0.05, 0) is 25.7 Å². The lowest BCUT2D eigenvalue weighted by molar-refractivity contribution is -0.160. The molecule has 1 aliphatic rings. The first-order chi connectivity index (χ1) is 6.97. The summed E-state index contributed by atoms with van der Waals surface area (Å²) in [6, 6.07) is 0. The average Bonchev–Trinajstić information content (AvgIpc) is 2.99. The summed E-state index contributed by atoms with van der Waals surface area (Å²) >= 11 is 0. The van der Waals surface area contributed by atoms with Gasteiger partial charge in [-0.1, -0.05) is 0 Å². The number of rotatable bonds is 6. The molecule has 5 heteroatoms. The highest BCUT2D eigenvalue weighted by molar-refractivity contribution is 5.78. The van der Waals surface area contributed by atoms with Gasteiger partial charge in [0.15, 0.2) is 5.60 Å². The van der Waals surface area contributed by atoms with Crippen molar-refractivity contribution in [2.24, 2.45) is 5.92 Å². The van der Waals surface area contributed by atoms with Crippen LogP contribution in [-0.2, 0) is 9.53 Å². The number of ether oxygens (including phenoxy) is 1. The standard InChI is InChI=1S/C10H19NO4/c1-10(14,9(13)15-2)6-11-5-8(12)7-3-4-7/h7-8,11-12,14H,3-6H2,1-2H3. The first kappa shape index (κ1) is 12.4. The number of methoxy groups -OCH3 is 1. The van der Waals surface area contributed by atoms with Crippen LogP contribution in [0, 0.1) is 5.92 Å². The number of carbonyl (C=O) groups excluding carboxylic acids is 1. The van der Waals surface area contributed by atoms with Gasteiger partial charge < -0.3 is 20.3 Å². The third-order valence-electron chi connectivity index (χ3n) is 2.61. The van der Waals surface area contributed by atoms with Crippen LogP contribution in [0.5, 0.6) is 0 Å². The van der Waals surface area contributed by atoms with E-state index in [1.165, 1.54) is 14.0 Å². The molecule has 5 nitrogen and oxygen atoms in total. The van der Waals surface area contributed by atoms with E-state index in [0.29, 0.717) is 12.5 Å². The van der Waals surface area contributed by atoms with Gasteiger partial charge in [0.25, 0.3) is 0 Å². The molecule has 0 bridgehead atoms. The lowest BCUT2D eigenvalue weighted by Crippen LogP contribution is -2.47. The van der Waals surface area contributed by atoms with Crippen LogP contribution in [0.25, 0.3) is 0 Å². The Labute approximate surface area is 89.4 Å². The molecular weight excluding hydrogens is 198 g/mol. The molecular formula is C10H19NO4. The molecule has 1 aliphatic carbocycles. The van der Waals surface area contributed by atoms with Gasteiger partial charge in [-0.25, -0.2) is 4.79 Å². The van der Waals surface area contributed by atoms with Crippen molar-refractivity contribution in [2.75, 3.05) is 20.2 Å². The summed E-state index contributed by atoms with van der Waals surface area (Å²) in [6.07, 6.45) is 1.75. The Morgan fingerprint density at radius 2 is 2.27 bits per heavy atom. The number of aliphatic hydroxyl groups excluding tert-OH is 1. The van der Waals surface area contributed by atoms with Crippen LogP contribution in [0.4, 0.5) is 0 Å². The molecule has 0 radical (unpaired) electrons. The van der Waals surface area contributed by atoms with Crippen LogP contribution in [0.3, 0.4) is 0 Å². The molecule has 0 amide bonds. The van der Waals surface area contributed by atoms with Gasteiger partial charge in [0.2, 0.25) is 0 Å². The van der Waals surface area contributed by atoms with Crippen molar-refractivity contribution in [1.29, 1.82) is 0 Å². The highest BCUT2D eigenvalue weighted by atomic mass is 16.5. The summed E-state index contributed by atoms with van der Waals surface area (Å²) in [4.78, 5) is 11.1. The number of hydrogen-bond acceptors (Lipinski definition) is 5. The molecule has 1 saturated carbocycles. The molecule has 0 heterocycles. The summed E-state index contributed by atoms with van der Waals surface area (Å²) in [5.41, 5.74) is -1.53. The lowest BCUT2D eigenvalue weighted by Gasteiger charge is -2.21. The van der Waals surface area contributed by atoms with E-state index in [1.54, 1.807) is 0 Å². The zero-order chi connectivity index (χ0) is 11.5. The largest absolute Gasteiger partial charge is 0.467 e. The van der Waals surface area contributed by atoms with E-state index in [9.17, 15) is 15.0 Å². The Kier molecular flexibility index (Phi) is 4.07. The van der Waals surface area contributed by atoms with Crippen molar-refractivity contribution < 1.29 is 19.7 Å². The van der Waals surface area contributed by atoms with Gasteiger partial charge in [-0.2, -0.15) is 0 Å². The number of carbonyl (C=O) groups is 1. The molecule has 0 saturated heterocycles. The summed E-state index contributed by atoms with van der Waals surface area (Å²) in [7, 11) is 1.23. The average molecular weight is 217 g/mol. The fourth-order valence-electron chi connectivity index (χ4n) is 1.40. The third kappa shape index (κ3) is 3.77. The van der Waals surface area contributed by atoms with Crippen molar-refractivity contribution in [3.8, 4) is 0 Å². The summed E-state index contributed by atoms with van der Waals surface area (Å²) in [5.74, 6) is -0.281. The van der Waals surface area contributed by atoms with E-state index in [0.717, 1.165) is 12.8 Å². The van der Waals surface area contributed by atoms with Gasteiger partial charge >= 0.3 is 5.97 Å². The second kappa shape index (κ2) is 4.92. The first-order valence-corrected chi connectivity index (χ1v) is 5.17. The maximum atomic E-state index is 11.1. The lowest BCUT2D eigenvalue weighted by atomic mass is 10.1. The van der Waals surface area contributed by atoms with Crippen molar-refractivity contribution in [3.63, 3.8) is 0 Å². The van der Waals surface area contributed by atoms with Crippen molar-refractivity contribution in [2.45, 2.75) is 31.5 Å². The smallest absolute Gasteiger partial charge is 0.338 e. The van der Waals surface area contributed by atoms with Crippen LogP contribution in [0.2, 0.25) is 0 Å². The summed E-state index contributed by atoms with van der Waals surface area (Å²) in [5, 5.41) is 22.0. The van der Waals surface area contributed by atoms with E-state index in [1.807, 2.05) is 0 Å². The Balaban J connectivity index is 2.20. The minimum atomic E-state index is -1.53. The Hall–Kier alpha value is -0.650. The number of nitrogens with one attached hydrogen (secondary N) is 1. The maximum absolute atomic E-state index is 11.1. The Morgan fingerprint density at radius 3 is 2.73 bits per heavy atom. The molecule has 1 rings (SSSR count). The minimum Gasteiger partial charge on any atom is -0.467 e. The first-order valence-electron chi connectivity index (χ1n) is 5.17. The molecule has 2 atom stereocenters. The Bertz CT molecular complexity index is 225. The van der Waals surface area contributed by atoms with E-state index in [4.69, 9.17) is 0 Å². The SMILES string of the molecule is COC(=O)C(C)(O)CNCC(O)C1CC1. The third-order valence-corrected chi connectivity index (χ3v) is 2.61. The molecule has 0 aromatic carbocycles. The molecule has 2 unspecified atom stereocenters. The second-order valence-corrected chi connectivity index (χ2v) is 4.30. The minimum absolute atomic E-state index is 0.0868. The number of hydrogen-bond donors (Lipinski definition) is 3. The van der Waals surface area contributed by atoms with Crippen LogP contribution < -0.4 is 5.32 Å². The molecule has 0 aromatic heterocycles. The van der Waals surface area contributed by atoms with Crippen molar-refractivity contribution in [3.05, 3.63) is 0 Å². The molecule has 88 valence electrons. The van der Waals surface area contributed by atoms with Gasteiger partial charge in [0.1, 0.15) is 0 Å². The van der Waals surface area contributed by atoms with E-state index in [2.05, 4.69) is 10.1 Å². The Morgan fingerprint density at radius 1 is 1.67 bits per heavy atom. The van der Waals surface area contributed by atoms with Crippen molar-refractivity contribution in [1.82, 2.24) is 5.32 Å². The van der Waals surface area contributed by atoms with Gasteiger partial charge in [0.05, 0.1) is 13.2 Å². The molecule has 15 heavy (non-hydrogen) atoms. The predicted molar refractivity (Wildman–Crippen MR) is 54.2 cm³/mol. The summed E-state index contributed by atoms with van der Waals surface area (Å²) < 4.78 is 4.44. The number of aliphatic hydroxyl groups is 2. The van der Waals surface area contributed by atoms with Gasteiger partial charge in [-0.3, -0.25) is 0 Å². The van der Waals surface area contributed by atoms with Crippen LogP contribution in [-0.4, -0.2) is 48.1 Å². The van der Waals surface area contributed by atoms with Gasteiger partial charge in [-0.15, -0.1) is 0 Å². The fraction of sp³-hybridized carbons (Fsp3) is 0.900. The second-order valence-electron chi connectivity index (χ2n) is 4.30. The summed E-state index contributed by atoms with van der Waals surface area (Å²) in [6.45, 7) is 1.87. The number of esters is 1. The van der Waals surface area contributed by atoms with Gasteiger partial charge in [0, 0.05) is 13.1 Å². The van der Waals surface area contributed by atoms with Crippen LogP contribution in [0.15, 0.2) is 0 Å². The van der Waals surface area contributed by atoms with E-state index in [-0.39, 0.29) is 12.6 Å². The quantitative estimate of drug-likeness (QED) is 0.511. The zero-order valence-electron chi connectivity index (χ0n) is 9.19. The topological polar surface area (TPSA) is 78.8 Å². The van der Waals surface area contributed by atoms with E-state index >= 15 is 0 Å². The normalized spacial score (nSPS) is 21.9.